The lowest BCUT2D eigenvalue weighted by molar-refractivity contribution is -0.816. The van der Waals surface area contributed by atoms with Crippen molar-refractivity contribution < 1.29 is 9.91 Å². The zero-order valence-electron chi connectivity index (χ0n) is 14.6. The van der Waals surface area contributed by atoms with Crippen molar-refractivity contribution in [2.24, 2.45) is 4.99 Å². The number of nitrogens with one attached hydrogen (secondary N) is 3. The normalized spacial score (nSPS) is 24.5. The van der Waals surface area contributed by atoms with Crippen LogP contribution in [-0.4, -0.2) is 50.3 Å². The van der Waals surface area contributed by atoms with Crippen molar-refractivity contribution in [3.63, 3.8) is 0 Å². The fourth-order valence-corrected chi connectivity index (χ4v) is 3.79. The zero-order valence-corrected chi connectivity index (χ0v) is 14.6. The third kappa shape index (κ3) is 3.95. The van der Waals surface area contributed by atoms with E-state index in [9.17, 15) is 5.21 Å². The molecule has 1 aliphatic carbocycles. The lowest BCUT2D eigenvalue weighted by atomic mass is 10.1. The Bertz CT molecular complexity index is 643. The molecular formula is C18H27N5O2. The molecule has 0 saturated carbocycles. The Morgan fingerprint density at radius 1 is 1.16 bits per heavy atom. The van der Waals surface area contributed by atoms with Crippen LogP contribution in [0.5, 0.6) is 0 Å². The molecule has 1 atom stereocenters. The molecule has 0 amide bonds. The van der Waals surface area contributed by atoms with E-state index >= 15 is 0 Å². The van der Waals surface area contributed by atoms with Gasteiger partial charge in [0.25, 0.3) is 0 Å². The molecule has 4 rings (SSSR count). The summed E-state index contributed by atoms with van der Waals surface area (Å²) in [4.78, 5) is 6.98. The number of ether oxygens (including phenoxy) is 1. The molecule has 0 radical (unpaired) electrons. The summed E-state index contributed by atoms with van der Waals surface area (Å²) in [6.07, 6.45) is 5.52. The van der Waals surface area contributed by atoms with Crippen molar-refractivity contribution in [3.05, 3.63) is 28.5 Å². The molecule has 3 N–H and O–H groups in total. The molecule has 1 aromatic carbocycles. The monoisotopic (exact) mass is 345 g/mol. The molecule has 0 aromatic heterocycles. The van der Waals surface area contributed by atoms with Crippen LogP contribution in [0.3, 0.4) is 0 Å². The fraction of sp³-hybridized carbons (Fsp3) is 0.611. The number of unbranched alkanes of at least 4 members (excludes halogenated alkanes) is 1. The molecule has 1 fully saturated rings. The number of hydrogen-bond donors (Lipinski definition) is 3. The second-order valence-corrected chi connectivity index (χ2v) is 6.99. The van der Waals surface area contributed by atoms with Crippen molar-refractivity contribution in [2.45, 2.75) is 32.1 Å². The van der Waals surface area contributed by atoms with Crippen molar-refractivity contribution in [1.82, 2.24) is 10.3 Å². The second-order valence-electron chi connectivity index (χ2n) is 6.99. The van der Waals surface area contributed by atoms with Gasteiger partial charge in [-0.25, -0.2) is 10.2 Å². The van der Waals surface area contributed by atoms with Crippen LogP contribution in [-0.2, 0) is 17.6 Å². The molecule has 1 aromatic rings. The number of aryl methyl sites for hydroxylation is 2. The van der Waals surface area contributed by atoms with E-state index in [0.717, 1.165) is 76.5 Å². The Kier molecular flexibility index (Phi) is 5.17. The van der Waals surface area contributed by atoms with Crippen LogP contribution in [0.4, 0.5) is 11.4 Å². The number of hydrogen-bond acceptors (Lipinski definition) is 4. The van der Waals surface area contributed by atoms with Gasteiger partial charge in [0.2, 0.25) is 5.96 Å². The number of aliphatic imine (C=N–C) groups is 1. The van der Waals surface area contributed by atoms with E-state index in [1.807, 2.05) is 6.07 Å². The van der Waals surface area contributed by atoms with Gasteiger partial charge in [0.1, 0.15) is 5.69 Å². The summed E-state index contributed by atoms with van der Waals surface area (Å²) in [7, 11) is 0. The average Bonchev–Trinajstić information content (AvgIpc) is 3.08. The SMILES string of the molecule is [O-][NH+]1NC(=NCCCCN2CCOCC2)Nc2cc3c(cc21)CCC3. The van der Waals surface area contributed by atoms with Gasteiger partial charge in [-0.1, -0.05) is 0 Å². The van der Waals surface area contributed by atoms with E-state index < -0.39 is 0 Å². The number of guanidine groups is 1. The number of quaternary nitrogens is 1. The highest BCUT2D eigenvalue weighted by Gasteiger charge is 2.24. The zero-order chi connectivity index (χ0) is 17.1. The number of fused-ring (bicyclic) bond motifs is 2. The second kappa shape index (κ2) is 7.70. The first kappa shape index (κ1) is 16.8. The van der Waals surface area contributed by atoms with Gasteiger partial charge < -0.3 is 15.3 Å². The summed E-state index contributed by atoms with van der Waals surface area (Å²) < 4.78 is 5.36. The van der Waals surface area contributed by atoms with Crippen LogP contribution >= 0.6 is 0 Å². The maximum Gasteiger partial charge on any atom is 0.243 e. The molecular weight excluding hydrogens is 318 g/mol. The van der Waals surface area contributed by atoms with Gasteiger partial charge in [-0.15, -0.1) is 0 Å². The largest absolute Gasteiger partial charge is 0.603 e. The van der Waals surface area contributed by atoms with Crippen molar-refractivity contribution >= 4 is 17.3 Å². The summed E-state index contributed by atoms with van der Waals surface area (Å²) in [5.74, 6) is 0.585. The van der Waals surface area contributed by atoms with Gasteiger partial charge in [-0.3, -0.25) is 4.90 Å². The molecule has 7 nitrogen and oxygen atoms in total. The quantitative estimate of drug-likeness (QED) is 0.538. The lowest BCUT2D eigenvalue weighted by Crippen LogP contribution is -3.11. The van der Waals surface area contributed by atoms with Crippen molar-refractivity contribution in [3.8, 4) is 0 Å². The summed E-state index contributed by atoms with van der Waals surface area (Å²) in [6.45, 7) is 5.60. The first-order valence-corrected chi connectivity index (χ1v) is 9.38. The lowest BCUT2D eigenvalue weighted by Gasteiger charge is -2.31. The Morgan fingerprint density at radius 3 is 2.80 bits per heavy atom. The highest BCUT2D eigenvalue weighted by molar-refractivity contribution is 5.96. The summed E-state index contributed by atoms with van der Waals surface area (Å²) >= 11 is 0. The predicted molar refractivity (Wildman–Crippen MR) is 98.0 cm³/mol. The summed E-state index contributed by atoms with van der Waals surface area (Å²) in [6, 6.07) is 4.17. The Balaban J connectivity index is 1.29. The molecule has 3 aliphatic rings. The van der Waals surface area contributed by atoms with Crippen molar-refractivity contribution in [1.29, 1.82) is 0 Å². The van der Waals surface area contributed by atoms with Gasteiger partial charge in [-0.2, -0.15) is 5.43 Å². The molecule has 2 heterocycles. The fourth-order valence-electron chi connectivity index (χ4n) is 3.79. The highest BCUT2D eigenvalue weighted by atomic mass is 16.5. The molecule has 2 aliphatic heterocycles. The predicted octanol–water partition coefficient (Wildman–Crippen LogP) is 0.588. The summed E-state index contributed by atoms with van der Waals surface area (Å²) in [5, 5.41) is 15.6. The van der Waals surface area contributed by atoms with Crippen molar-refractivity contribution in [2.75, 3.05) is 44.7 Å². The Morgan fingerprint density at radius 2 is 1.96 bits per heavy atom. The van der Waals surface area contributed by atoms with Crippen LogP contribution < -0.4 is 15.9 Å². The molecule has 25 heavy (non-hydrogen) atoms. The molecule has 7 heteroatoms. The minimum atomic E-state index is -0.0458. The smallest absolute Gasteiger partial charge is 0.243 e. The van der Waals surface area contributed by atoms with E-state index in [-0.39, 0.29) is 5.17 Å². The maximum atomic E-state index is 12.3. The number of anilines is 1. The molecule has 1 saturated heterocycles. The first-order valence-electron chi connectivity index (χ1n) is 9.38. The van der Waals surface area contributed by atoms with Crippen LogP contribution in [0.25, 0.3) is 0 Å². The number of benzene rings is 1. The minimum absolute atomic E-state index is 0.0458. The highest BCUT2D eigenvalue weighted by Crippen LogP contribution is 2.30. The third-order valence-electron chi connectivity index (χ3n) is 5.22. The average molecular weight is 345 g/mol. The van der Waals surface area contributed by atoms with Gasteiger partial charge in [0.05, 0.1) is 13.2 Å². The van der Waals surface area contributed by atoms with Crippen LogP contribution in [0, 0.1) is 5.21 Å². The molecule has 1 unspecified atom stereocenters. The third-order valence-corrected chi connectivity index (χ3v) is 5.22. The first-order chi connectivity index (χ1) is 12.3. The summed E-state index contributed by atoms with van der Waals surface area (Å²) in [5.41, 5.74) is 7.20. The van der Waals surface area contributed by atoms with Crippen LogP contribution in [0.2, 0.25) is 0 Å². The molecule has 0 bridgehead atoms. The van der Waals surface area contributed by atoms with Gasteiger partial charge in [-0.05, 0) is 55.8 Å². The Labute approximate surface area is 148 Å². The van der Waals surface area contributed by atoms with Gasteiger partial charge in [0, 0.05) is 25.7 Å². The van der Waals surface area contributed by atoms with E-state index in [2.05, 4.69) is 26.7 Å². The number of nitrogens with zero attached hydrogens (tertiary/aromatic N) is 2. The molecule has 0 spiro atoms. The maximum absolute atomic E-state index is 12.3. The molecule has 136 valence electrons. The van der Waals surface area contributed by atoms with Crippen LogP contribution in [0.15, 0.2) is 17.1 Å². The topological polar surface area (TPSA) is 76.4 Å². The van der Waals surface area contributed by atoms with Crippen LogP contribution in [0.1, 0.15) is 30.4 Å². The van der Waals surface area contributed by atoms with E-state index in [1.165, 1.54) is 17.5 Å². The van der Waals surface area contributed by atoms with Gasteiger partial charge >= 0.3 is 0 Å². The number of rotatable bonds is 5. The van der Waals surface area contributed by atoms with E-state index in [0.29, 0.717) is 5.96 Å². The standard InChI is InChI=1S/C18H27N5O2/c24-23-17-13-15-5-3-4-14(15)12-16(17)20-18(21-23)19-6-1-2-7-22-8-10-25-11-9-22/h12-13,23H,1-11H2,(H2,19,20,21). The number of morpholine rings is 1. The van der Waals surface area contributed by atoms with Gasteiger partial charge in [0.15, 0.2) is 5.69 Å². The van der Waals surface area contributed by atoms with E-state index in [4.69, 9.17) is 4.74 Å². The Hall–Kier alpha value is -1.67. The minimum Gasteiger partial charge on any atom is -0.603 e. The van der Waals surface area contributed by atoms with E-state index in [1.54, 1.807) is 0 Å².